The maximum absolute atomic E-state index is 5.91. The molecule has 1 rings (SSSR count). The molecule has 1 aromatic carbocycles. The molecule has 0 amide bonds. The van der Waals surface area contributed by atoms with Gasteiger partial charge in [0, 0.05) is 12.1 Å². The lowest BCUT2D eigenvalue weighted by atomic mass is 10.0. The first kappa shape index (κ1) is 13.2. The van der Waals surface area contributed by atoms with Gasteiger partial charge in [-0.15, -0.1) is 0 Å². The topological polar surface area (TPSA) is 38.0 Å². The highest BCUT2D eigenvalue weighted by Crippen LogP contribution is 2.10. The summed E-state index contributed by atoms with van der Waals surface area (Å²) < 4.78 is 0. The van der Waals surface area contributed by atoms with Crippen molar-refractivity contribution in [3.05, 3.63) is 34.9 Å². The second kappa shape index (κ2) is 5.46. The maximum Gasteiger partial charge on any atom is 0.0223 e. The zero-order chi connectivity index (χ0) is 12.2. The number of hydrogen-bond donors (Lipinski definition) is 2. The van der Waals surface area contributed by atoms with Gasteiger partial charge in [-0.05, 0) is 51.8 Å². The Kier molecular flexibility index (Phi) is 4.51. The third kappa shape index (κ3) is 4.77. The van der Waals surface area contributed by atoms with Crippen molar-refractivity contribution in [2.45, 2.75) is 39.7 Å². The fraction of sp³-hybridized carbons (Fsp3) is 0.571. The van der Waals surface area contributed by atoms with E-state index in [-0.39, 0.29) is 5.54 Å². The van der Waals surface area contributed by atoms with Crippen molar-refractivity contribution >= 4 is 0 Å². The molecule has 0 aliphatic rings. The second-order valence-corrected chi connectivity index (χ2v) is 5.35. The van der Waals surface area contributed by atoms with Gasteiger partial charge in [0.05, 0.1) is 0 Å². The summed E-state index contributed by atoms with van der Waals surface area (Å²) >= 11 is 0. The van der Waals surface area contributed by atoms with Crippen LogP contribution in [0.5, 0.6) is 0 Å². The Labute approximate surface area is 99.2 Å². The van der Waals surface area contributed by atoms with Crippen LogP contribution in [-0.4, -0.2) is 18.6 Å². The van der Waals surface area contributed by atoms with E-state index in [2.05, 4.69) is 37.4 Å². The van der Waals surface area contributed by atoms with Crippen molar-refractivity contribution in [1.29, 1.82) is 0 Å². The first-order valence-electron chi connectivity index (χ1n) is 5.94. The lowest BCUT2D eigenvalue weighted by Crippen LogP contribution is -2.43. The summed E-state index contributed by atoms with van der Waals surface area (Å²) in [5.74, 6) is 0. The third-order valence-electron chi connectivity index (χ3n) is 2.66. The first-order valence-corrected chi connectivity index (χ1v) is 5.94. The van der Waals surface area contributed by atoms with Gasteiger partial charge in [-0.3, -0.25) is 0 Å². The Morgan fingerprint density at radius 3 is 2.56 bits per heavy atom. The Morgan fingerprint density at radius 1 is 1.25 bits per heavy atom. The number of nitrogens with two attached hydrogens (primary N) is 1. The number of nitrogens with one attached hydrogen (secondary N) is 1. The summed E-state index contributed by atoms with van der Waals surface area (Å²) in [6.45, 7) is 10.2. The van der Waals surface area contributed by atoms with Crippen LogP contribution in [0.25, 0.3) is 0 Å². The lowest BCUT2D eigenvalue weighted by molar-refractivity contribution is 0.469. The average Bonchev–Trinajstić information content (AvgIpc) is 2.16. The van der Waals surface area contributed by atoms with Gasteiger partial charge in [-0.2, -0.15) is 0 Å². The molecule has 0 spiro atoms. The van der Waals surface area contributed by atoms with E-state index in [0.717, 1.165) is 19.5 Å². The zero-order valence-electron chi connectivity index (χ0n) is 10.9. The van der Waals surface area contributed by atoms with E-state index >= 15 is 0 Å². The number of benzene rings is 1. The molecule has 0 heterocycles. The van der Waals surface area contributed by atoms with Gasteiger partial charge in [0.2, 0.25) is 0 Å². The number of hydrogen-bond acceptors (Lipinski definition) is 2. The predicted octanol–water partition coefficient (Wildman–Crippen LogP) is 2.17. The summed E-state index contributed by atoms with van der Waals surface area (Å²) in [7, 11) is 0. The van der Waals surface area contributed by atoms with E-state index in [1.165, 1.54) is 16.7 Å². The molecule has 0 bridgehead atoms. The van der Waals surface area contributed by atoms with E-state index in [1.54, 1.807) is 0 Å². The smallest absolute Gasteiger partial charge is 0.0223 e. The van der Waals surface area contributed by atoms with Crippen molar-refractivity contribution in [1.82, 2.24) is 5.32 Å². The molecule has 16 heavy (non-hydrogen) atoms. The summed E-state index contributed by atoms with van der Waals surface area (Å²) in [4.78, 5) is 0. The van der Waals surface area contributed by atoms with Crippen LogP contribution >= 0.6 is 0 Å². The summed E-state index contributed by atoms with van der Waals surface area (Å²) in [5.41, 5.74) is 9.92. The van der Waals surface area contributed by atoms with Crippen LogP contribution < -0.4 is 11.1 Å². The Balaban J connectivity index is 2.40. The first-order chi connectivity index (χ1) is 7.38. The molecule has 2 heteroatoms. The molecule has 1 aromatic rings. The Morgan fingerprint density at radius 2 is 1.94 bits per heavy atom. The van der Waals surface area contributed by atoms with Gasteiger partial charge in [-0.25, -0.2) is 0 Å². The van der Waals surface area contributed by atoms with E-state index in [4.69, 9.17) is 5.73 Å². The SMILES string of the molecule is Cc1ccc(C)c(CCNCC(C)(C)N)c1. The van der Waals surface area contributed by atoms with Crippen molar-refractivity contribution in [3.8, 4) is 0 Å². The molecule has 0 aliphatic carbocycles. The number of rotatable bonds is 5. The van der Waals surface area contributed by atoms with Crippen LogP contribution in [0.15, 0.2) is 18.2 Å². The minimum atomic E-state index is -0.123. The second-order valence-electron chi connectivity index (χ2n) is 5.35. The van der Waals surface area contributed by atoms with Gasteiger partial charge in [-0.1, -0.05) is 23.8 Å². The molecule has 0 atom stereocenters. The van der Waals surface area contributed by atoms with Crippen LogP contribution in [0.3, 0.4) is 0 Å². The van der Waals surface area contributed by atoms with Gasteiger partial charge in [0.15, 0.2) is 0 Å². The van der Waals surface area contributed by atoms with E-state index < -0.39 is 0 Å². The van der Waals surface area contributed by atoms with Gasteiger partial charge >= 0.3 is 0 Å². The fourth-order valence-electron chi connectivity index (χ4n) is 1.70. The molecule has 0 radical (unpaired) electrons. The average molecular weight is 220 g/mol. The highest BCUT2D eigenvalue weighted by Gasteiger charge is 2.08. The molecule has 3 N–H and O–H groups in total. The van der Waals surface area contributed by atoms with Gasteiger partial charge < -0.3 is 11.1 Å². The molecule has 0 aromatic heterocycles. The van der Waals surface area contributed by atoms with Crippen LogP contribution in [0.1, 0.15) is 30.5 Å². The van der Waals surface area contributed by atoms with E-state index in [1.807, 2.05) is 13.8 Å². The Bertz CT molecular complexity index is 337. The lowest BCUT2D eigenvalue weighted by Gasteiger charge is -2.19. The minimum absolute atomic E-state index is 0.123. The molecular formula is C14H24N2. The van der Waals surface area contributed by atoms with Gasteiger partial charge in [0.1, 0.15) is 0 Å². The van der Waals surface area contributed by atoms with Crippen molar-refractivity contribution < 1.29 is 0 Å². The molecule has 0 fully saturated rings. The van der Waals surface area contributed by atoms with E-state index in [9.17, 15) is 0 Å². The van der Waals surface area contributed by atoms with E-state index in [0.29, 0.717) is 0 Å². The van der Waals surface area contributed by atoms with Crippen molar-refractivity contribution in [3.63, 3.8) is 0 Å². The van der Waals surface area contributed by atoms with Crippen LogP contribution in [0.2, 0.25) is 0 Å². The highest BCUT2D eigenvalue weighted by molar-refractivity contribution is 5.30. The quantitative estimate of drug-likeness (QED) is 0.746. The third-order valence-corrected chi connectivity index (χ3v) is 2.66. The highest BCUT2D eigenvalue weighted by atomic mass is 14.9. The monoisotopic (exact) mass is 220 g/mol. The molecule has 90 valence electrons. The van der Waals surface area contributed by atoms with Crippen LogP contribution in [0.4, 0.5) is 0 Å². The van der Waals surface area contributed by atoms with Crippen LogP contribution in [-0.2, 0) is 6.42 Å². The van der Waals surface area contributed by atoms with Crippen molar-refractivity contribution in [2.24, 2.45) is 5.73 Å². The zero-order valence-corrected chi connectivity index (χ0v) is 10.9. The molecule has 0 unspecified atom stereocenters. The molecule has 0 saturated carbocycles. The minimum Gasteiger partial charge on any atom is -0.324 e. The molecular weight excluding hydrogens is 196 g/mol. The standard InChI is InChI=1S/C14H24N2/c1-11-5-6-12(2)13(9-11)7-8-16-10-14(3,4)15/h5-6,9,16H,7-8,10,15H2,1-4H3. The summed E-state index contributed by atoms with van der Waals surface area (Å²) in [6.07, 6.45) is 1.07. The van der Waals surface area contributed by atoms with Crippen LogP contribution in [0, 0.1) is 13.8 Å². The molecule has 2 nitrogen and oxygen atoms in total. The normalized spacial score (nSPS) is 11.8. The summed E-state index contributed by atoms with van der Waals surface area (Å²) in [5, 5.41) is 3.40. The van der Waals surface area contributed by atoms with Gasteiger partial charge in [0.25, 0.3) is 0 Å². The Hall–Kier alpha value is -0.860. The van der Waals surface area contributed by atoms with Crippen molar-refractivity contribution in [2.75, 3.05) is 13.1 Å². The molecule has 0 aliphatic heterocycles. The summed E-state index contributed by atoms with van der Waals surface area (Å²) in [6, 6.07) is 6.62. The fourth-order valence-corrected chi connectivity index (χ4v) is 1.70. The maximum atomic E-state index is 5.91. The number of aryl methyl sites for hydroxylation is 2. The largest absolute Gasteiger partial charge is 0.324 e. The molecule has 0 saturated heterocycles. The predicted molar refractivity (Wildman–Crippen MR) is 70.8 cm³/mol.